The van der Waals surface area contributed by atoms with Crippen molar-refractivity contribution in [1.82, 2.24) is 14.9 Å². The summed E-state index contributed by atoms with van der Waals surface area (Å²) in [4.78, 5) is 10.9. The molecular formula is C18H16N4O3S. The summed E-state index contributed by atoms with van der Waals surface area (Å²) < 4.78 is 7.37. The minimum atomic E-state index is -0.970. The third-order valence-corrected chi connectivity index (χ3v) is 3.80. The van der Waals surface area contributed by atoms with Crippen molar-refractivity contribution in [2.45, 2.75) is 6.92 Å². The van der Waals surface area contributed by atoms with Gasteiger partial charge in [0.2, 0.25) is 4.77 Å². The fraction of sp³-hybridized carbons (Fsp3) is 0.111. The van der Waals surface area contributed by atoms with Crippen LogP contribution in [0.3, 0.4) is 0 Å². The standard InChI is InChI=1S/C18H16N4O3S/c1-2-25-15-5-3-4-14(10-15)16-20-21-18(26)22(16)19-11-12-6-8-13(9-7-12)17(23)24/h3-11H,2H2,1H3,(H,21,26)(H,23,24)/b19-11-. The number of ether oxygens (including phenoxy) is 1. The summed E-state index contributed by atoms with van der Waals surface area (Å²) in [7, 11) is 0. The first kappa shape index (κ1) is 17.6. The molecule has 1 heterocycles. The molecular weight excluding hydrogens is 352 g/mol. The third kappa shape index (κ3) is 3.86. The first-order valence-electron chi connectivity index (χ1n) is 7.87. The van der Waals surface area contributed by atoms with Crippen LogP contribution in [0.4, 0.5) is 0 Å². The maximum atomic E-state index is 10.9. The van der Waals surface area contributed by atoms with Crippen LogP contribution in [0.25, 0.3) is 11.4 Å². The highest BCUT2D eigenvalue weighted by molar-refractivity contribution is 7.71. The lowest BCUT2D eigenvalue weighted by molar-refractivity contribution is 0.0697. The third-order valence-electron chi connectivity index (χ3n) is 3.53. The summed E-state index contributed by atoms with van der Waals surface area (Å²) in [6.45, 7) is 2.49. The molecule has 0 saturated carbocycles. The zero-order valence-electron chi connectivity index (χ0n) is 13.9. The van der Waals surface area contributed by atoms with Gasteiger partial charge in [0.15, 0.2) is 5.82 Å². The van der Waals surface area contributed by atoms with E-state index in [-0.39, 0.29) is 5.56 Å². The van der Waals surface area contributed by atoms with Crippen LogP contribution >= 0.6 is 12.2 Å². The van der Waals surface area contributed by atoms with E-state index in [4.69, 9.17) is 22.1 Å². The minimum absolute atomic E-state index is 0.218. The molecule has 0 spiro atoms. The van der Waals surface area contributed by atoms with Gasteiger partial charge in [-0.3, -0.25) is 0 Å². The van der Waals surface area contributed by atoms with Gasteiger partial charge in [-0.1, -0.05) is 24.3 Å². The molecule has 0 radical (unpaired) electrons. The van der Waals surface area contributed by atoms with Crippen LogP contribution in [0, 0.1) is 4.77 Å². The molecule has 0 atom stereocenters. The summed E-state index contributed by atoms with van der Waals surface area (Å²) in [6.07, 6.45) is 1.59. The molecule has 3 aromatic rings. The lowest BCUT2D eigenvalue weighted by atomic mass is 10.1. The van der Waals surface area contributed by atoms with Crippen molar-refractivity contribution in [3.05, 3.63) is 64.4 Å². The highest BCUT2D eigenvalue weighted by Crippen LogP contribution is 2.22. The Bertz CT molecular complexity index is 1010. The molecule has 0 saturated heterocycles. The molecule has 0 fully saturated rings. The van der Waals surface area contributed by atoms with Crippen LogP contribution in [0.5, 0.6) is 5.75 Å². The molecule has 26 heavy (non-hydrogen) atoms. The fourth-order valence-electron chi connectivity index (χ4n) is 2.31. The van der Waals surface area contributed by atoms with Crippen molar-refractivity contribution in [1.29, 1.82) is 0 Å². The van der Waals surface area contributed by atoms with E-state index in [0.717, 1.165) is 16.9 Å². The Labute approximate surface area is 154 Å². The number of aromatic amines is 1. The number of hydrogen-bond acceptors (Lipinski definition) is 5. The van der Waals surface area contributed by atoms with Gasteiger partial charge >= 0.3 is 5.97 Å². The van der Waals surface area contributed by atoms with E-state index < -0.39 is 5.97 Å². The number of H-pyrrole nitrogens is 1. The summed E-state index contributed by atoms with van der Waals surface area (Å²) in [5.74, 6) is 0.315. The SMILES string of the molecule is CCOc1cccc(-c2n[nH]c(=S)n2/N=C\c2ccc(C(=O)O)cc2)c1. The van der Waals surface area contributed by atoms with Crippen molar-refractivity contribution < 1.29 is 14.6 Å². The Balaban J connectivity index is 1.92. The van der Waals surface area contributed by atoms with Gasteiger partial charge in [0, 0.05) is 5.56 Å². The van der Waals surface area contributed by atoms with Gasteiger partial charge in [0.1, 0.15) is 5.75 Å². The van der Waals surface area contributed by atoms with Crippen LogP contribution in [0.15, 0.2) is 53.6 Å². The van der Waals surface area contributed by atoms with Crippen molar-refractivity contribution in [3.63, 3.8) is 0 Å². The van der Waals surface area contributed by atoms with Crippen LogP contribution in [0.2, 0.25) is 0 Å². The Morgan fingerprint density at radius 3 is 2.81 bits per heavy atom. The number of rotatable bonds is 6. The Morgan fingerprint density at radius 1 is 1.35 bits per heavy atom. The lowest BCUT2D eigenvalue weighted by Gasteiger charge is -2.05. The molecule has 0 unspecified atom stereocenters. The molecule has 1 aromatic heterocycles. The predicted octanol–water partition coefficient (Wildman–Crippen LogP) is 3.59. The monoisotopic (exact) mass is 368 g/mol. The van der Waals surface area contributed by atoms with E-state index in [0.29, 0.717) is 17.2 Å². The number of aromatic nitrogens is 3. The Hall–Kier alpha value is -3.26. The molecule has 3 rings (SSSR count). The van der Waals surface area contributed by atoms with Gasteiger partial charge in [-0.15, -0.1) is 0 Å². The average Bonchev–Trinajstić information content (AvgIpc) is 3.01. The van der Waals surface area contributed by atoms with E-state index in [9.17, 15) is 4.79 Å². The second kappa shape index (κ2) is 7.75. The molecule has 2 N–H and O–H groups in total. The zero-order chi connectivity index (χ0) is 18.5. The smallest absolute Gasteiger partial charge is 0.335 e. The van der Waals surface area contributed by atoms with Gasteiger partial charge in [-0.05, 0) is 49.0 Å². The molecule has 0 bridgehead atoms. The van der Waals surface area contributed by atoms with E-state index >= 15 is 0 Å². The predicted molar refractivity (Wildman–Crippen MR) is 100 cm³/mol. The van der Waals surface area contributed by atoms with E-state index in [1.807, 2.05) is 31.2 Å². The van der Waals surface area contributed by atoms with Gasteiger partial charge in [0.25, 0.3) is 0 Å². The van der Waals surface area contributed by atoms with Gasteiger partial charge in [-0.25, -0.2) is 9.89 Å². The van der Waals surface area contributed by atoms with Crippen molar-refractivity contribution in [2.24, 2.45) is 5.10 Å². The number of aromatic carboxylic acids is 1. The first-order chi connectivity index (χ1) is 12.6. The number of carboxylic acid groups (broad SMARTS) is 1. The molecule has 8 heteroatoms. The number of nitrogens with zero attached hydrogens (tertiary/aromatic N) is 3. The van der Waals surface area contributed by atoms with E-state index in [2.05, 4.69) is 15.3 Å². The topological polar surface area (TPSA) is 92.5 Å². The summed E-state index contributed by atoms with van der Waals surface area (Å²) in [6, 6.07) is 13.9. The van der Waals surface area contributed by atoms with Crippen LogP contribution in [-0.2, 0) is 0 Å². The number of carboxylic acids is 1. The number of benzene rings is 2. The molecule has 7 nitrogen and oxygen atoms in total. The first-order valence-corrected chi connectivity index (χ1v) is 8.27. The number of nitrogens with one attached hydrogen (secondary N) is 1. The second-order valence-electron chi connectivity index (χ2n) is 5.30. The molecule has 0 aliphatic carbocycles. The number of carbonyl (C=O) groups is 1. The van der Waals surface area contributed by atoms with E-state index in [1.165, 1.54) is 16.8 Å². The van der Waals surface area contributed by atoms with Crippen molar-refractivity contribution >= 4 is 24.4 Å². The molecule has 132 valence electrons. The average molecular weight is 368 g/mol. The second-order valence-corrected chi connectivity index (χ2v) is 5.68. The fourth-order valence-corrected chi connectivity index (χ4v) is 2.49. The maximum absolute atomic E-state index is 10.9. The van der Waals surface area contributed by atoms with Gasteiger partial charge < -0.3 is 9.84 Å². The zero-order valence-corrected chi connectivity index (χ0v) is 14.7. The number of hydrogen-bond donors (Lipinski definition) is 2. The highest BCUT2D eigenvalue weighted by atomic mass is 32.1. The normalized spacial score (nSPS) is 11.0. The summed E-state index contributed by atoms with van der Waals surface area (Å²) >= 11 is 5.25. The molecule has 0 aliphatic rings. The van der Waals surface area contributed by atoms with E-state index in [1.54, 1.807) is 18.3 Å². The van der Waals surface area contributed by atoms with Crippen LogP contribution < -0.4 is 4.74 Å². The molecule has 0 amide bonds. The van der Waals surface area contributed by atoms with Crippen LogP contribution in [-0.4, -0.2) is 38.8 Å². The Kier molecular flexibility index (Phi) is 5.23. The summed E-state index contributed by atoms with van der Waals surface area (Å²) in [5.41, 5.74) is 1.77. The highest BCUT2D eigenvalue weighted by Gasteiger charge is 2.09. The maximum Gasteiger partial charge on any atom is 0.335 e. The quantitative estimate of drug-likeness (QED) is 0.512. The summed E-state index contributed by atoms with van der Waals surface area (Å²) in [5, 5.41) is 20.3. The van der Waals surface area contributed by atoms with Crippen LogP contribution in [0.1, 0.15) is 22.8 Å². The van der Waals surface area contributed by atoms with Gasteiger partial charge in [0.05, 0.1) is 18.4 Å². The molecule has 2 aromatic carbocycles. The van der Waals surface area contributed by atoms with Crippen molar-refractivity contribution in [2.75, 3.05) is 6.61 Å². The Morgan fingerprint density at radius 2 is 2.12 bits per heavy atom. The largest absolute Gasteiger partial charge is 0.494 e. The van der Waals surface area contributed by atoms with Crippen molar-refractivity contribution in [3.8, 4) is 17.1 Å². The van der Waals surface area contributed by atoms with Gasteiger partial charge in [-0.2, -0.15) is 14.9 Å². The minimum Gasteiger partial charge on any atom is -0.494 e. The molecule has 0 aliphatic heterocycles. The lowest BCUT2D eigenvalue weighted by Crippen LogP contribution is -1.98.